The van der Waals surface area contributed by atoms with Crippen LogP contribution in [0.5, 0.6) is 0 Å². The van der Waals surface area contributed by atoms with Gasteiger partial charge in [-0.15, -0.1) is 0 Å². The highest BCUT2D eigenvalue weighted by molar-refractivity contribution is 6.35. The lowest BCUT2D eigenvalue weighted by molar-refractivity contribution is 0.102. The number of anilines is 2. The van der Waals surface area contributed by atoms with Crippen LogP contribution < -0.4 is 11.1 Å². The fraction of sp³-hybridized carbons (Fsp3) is 0. The second-order valence-corrected chi connectivity index (χ2v) is 4.63. The summed E-state index contributed by atoms with van der Waals surface area (Å²) in [6.07, 6.45) is 0. The smallest absolute Gasteiger partial charge is 0.259 e. The number of carbonyl (C=O) groups excluding carboxylic acids is 1. The van der Waals surface area contributed by atoms with Crippen molar-refractivity contribution < 1.29 is 9.18 Å². The summed E-state index contributed by atoms with van der Waals surface area (Å²) < 4.78 is 13.6. The van der Waals surface area contributed by atoms with Crippen LogP contribution in [0.2, 0.25) is 10.0 Å². The van der Waals surface area contributed by atoms with Gasteiger partial charge in [0.1, 0.15) is 5.82 Å². The molecule has 6 heteroatoms. The van der Waals surface area contributed by atoms with Gasteiger partial charge >= 0.3 is 0 Å². The topological polar surface area (TPSA) is 55.1 Å². The molecule has 98 valence electrons. The Kier molecular flexibility index (Phi) is 3.93. The van der Waals surface area contributed by atoms with Crippen LogP contribution in [0.3, 0.4) is 0 Å². The molecule has 0 spiro atoms. The molecule has 0 fully saturated rings. The number of nitrogen functional groups attached to an aromatic ring is 1. The predicted octanol–water partition coefficient (Wildman–Crippen LogP) is 3.97. The number of halogens is 3. The van der Waals surface area contributed by atoms with E-state index in [9.17, 15) is 9.18 Å². The van der Waals surface area contributed by atoms with Crippen molar-refractivity contribution in [3.05, 3.63) is 57.8 Å². The molecule has 1 amide bonds. The molecule has 0 saturated heterocycles. The molecule has 0 aromatic heterocycles. The Labute approximate surface area is 119 Å². The Balaban J connectivity index is 2.31. The molecule has 0 bridgehead atoms. The first kappa shape index (κ1) is 13.6. The molecule has 0 unspecified atom stereocenters. The van der Waals surface area contributed by atoms with Crippen LogP contribution >= 0.6 is 23.2 Å². The highest BCUT2D eigenvalue weighted by Gasteiger charge is 2.15. The van der Waals surface area contributed by atoms with Gasteiger partial charge in [-0.3, -0.25) is 4.79 Å². The van der Waals surface area contributed by atoms with E-state index in [1.807, 2.05) is 0 Å². The van der Waals surface area contributed by atoms with Gasteiger partial charge in [0.05, 0.1) is 16.3 Å². The largest absolute Gasteiger partial charge is 0.398 e. The van der Waals surface area contributed by atoms with E-state index in [0.717, 1.165) is 6.07 Å². The maximum Gasteiger partial charge on any atom is 0.259 e. The zero-order valence-electron chi connectivity index (χ0n) is 9.58. The first-order valence-corrected chi connectivity index (χ1v) is 6.05. The lowest BCUT2D eigenvalue weighted by atomic mass is 10.1. The minimum Gasteiger partial charge on any atom is -0.398 e. The second kappa shape index (κ2) is 5.47. The zero-order valence-corrected chi connectivity index (χ0v) is 11.1. The Bertz CT molecular complexity index is 626. The van der Waals surface area contributed by atoms with Gasteiger partial charge in [-0.2, -0.15) is 0 Å². The summed E-state index contributed by atoms with van der Waals surface area (Å²) in [5, 5.41) is 2.84. The third-order valence-corrected chi connectivity index (χ3v) is 3.00. The summed E-state index contributed by atoms with van der Waals surface area (Å²) in [6, 6.07) is 8.63. The molecule has 0 saturated carbocycles. The van der Waals surface area contributed by atoms with Crippen molar-refractivity contribution in [2.24, 2.45) is 0 Å². The standard InChI is InChI=1S/C13H9Cl2FN2O/c14-7-4-5-11(9(16)6-7)18-13(19)12-8(15)2-1-3-10(12)17/h1-6H,17H2,(H,18,19). The maximum absolute atomic E-state index is 13.6. The molecule has 3 nitrogen and oxygen atoms in total. The van der Waals surface area contributed by atoms with Crippen LogP contribution in [-0.2, 0) is 0 Å². The molecular formula is C13H9Cl2FN2O. The molecule has 0 aliphatic carbocycles. The highest BCUT2D eigenvalue weighted by Crippen LogP contribution is 2.24. The van der Waals surface area contributed by atoms with Gasteiger partial charge in [-0.25, -0.2) is 4.39 Å². The van der Waals surface area contributed by atoms with Gasteiger partial charge in [0.15, 0.2) is 0 Å². The van der Waals surface area contributed by atoms with Crippen molar-refractivity contribution >= 4 is 40.5 Å². The molecule has 0 aliphatic rings. The minimum atomic E-state index is -0.633. The molecule has 3 N–H and O–H groups in total. The lowest BCUT2D eigenvalue weighted by Crippen LogP contribution is -2.15. The summed E-state index contributed by atoms with van der Waals surface area (Å²) in [7, 11) is 0. The van der Waals surface area contributed by atoms with E-state index < -0.39 is 11.7 Å². The van der Waals surface area contributed by atoms with Crippen molar-refractivity contribution in [2.45, 2.75) is 0 Å². The van der Waals surface area contributed by atoms with Gasteiger partial charge < -0.3 is 11.1 Å². The van der Waals surface area contributed by atoms with Gasteiger partial charge in [-0.05, 0) is 30.3 Å². The fourth-order valence-electron chi connectivity index (χ4n) is 1.56. The molecule has 2 aromatic rings. The first-order chi connectivity index (χ1) is 8.99. The summed E-state index contributed by atoms with van der Waals surface area (Å²) in [6.45, 7) is 0. The van der Waals surface area contributed by atoms with Crippen LogP contribution in [0.4, 0.5) is 15.8 Å². The Morgan fingerprint density at radius 2 is 1.95 bits per heavy atom. The van der Waals surface area contributed by atoms with E-state index in [1.165, 1.54) is 18.2 Å². The van der Waals surface area contributed by atoms with E-state index >= 15 is 0 Å². The fourth-order valence-corrected chi connectivity index (χ4v) is 1.98. The number of nitrogens with one attached hydrogen (secondary N) is 1. The number of hydrogen-bond donors (Lipinski definition) is 2. The van der Waals surface area contributed by atoms with Gasteiger partial charge in [0, 0.05) is 10.7 Å². The van der Waals surface area contributed by atoms with Crippen LogP contribution in [0, 0.1) is 5.82 Å². The van der Waals surface area contributed by atoms with Crippen LogP contribution in [0.15, 0.2) is 36.4 Å². The summed E-state index contributed by atoms with van der Waals surface area (Å²) in [5.74, 6) is -1.21. The van der Waals surface area contributed by atoms with Crippen LogP contribution in [-0.4, -0.2) is 5.91 Å². The minimum absolute atomic E-state index is 0.00807. The molecular weight excluding hydrogens is 290 g/mol. The molecule has 0 aliphatic heterocycles. The van der Waals surface area contributed by atoms with E-state index in [0.29, 0.717) is 0 Å². The summed E-state index contributed by atoms with van der Waals surface area (Å²) in [4.78, 5) is 12.0. The van der Waals surface area contributed by atoms with Gasteiger partial charge in [0.25, 0.3) is 5.91 Å². The maximum atomic E-state index is 13.6. The van der Waals surface area contributed by atoms with Crippen molar-refractivity contribution in [1.82, 2.24) is 0 Å². The van der Waals surface area contributed by atoms with Crippen molar-refractivity contribution in [2.75, 3.05) is 11.1 Å². The predicted molar refractivity (Wildman–Crippen MR) is 75.2 cm³/mol. The Morgan fingerprint density at radius 1 is 1.21 bits per heavy atom. The molecule has 0 atom stereocenters. The van der Waals surface area contributed by atoms with Crippen LogP contribution in [0.25, 0.3) is 0 Å². The van der Waals surface area contributed by atoms with Crippen molar-refractivity contribution in [3.63, 3.8) is 0 Å². The average Bonchev–Trinajstić information content (AvgIpc) is 2.32. The molecule has 0 radical (unpaired) electrons. The first-order valence-electron chi connectivity index (χ1n) is 5.29. The molecule has 2 aromatic carbocycles. The highest BCUT2D eigenvalue weighted by atomic mass is 35.5. The number of benzene rings is 2. The van der Waals surface area contributed by atoms with Crippen LogP contribution in [0.1, 0.15) is 10.4 Å². The number of nitrogens with two attached hydrogens (primary N) is 1. The number of amides is 1. The second-order valence-electron chi connectivity index (χ2n) is 3.78. The Morgan fingerprint density at radius 3 is 2.58 bits per heavy atom. The third-order valence-electron chi connectivity index (χ3n) is 2.45. The van der Waals surface area contributed by atoms with Gasteiger partial charge in [-0.1, -0.05) is 29.3 Å². The summed E-state index contributed by atoms with van der Waals surface area (Å²) >= 11 is 11.5. The van der Waals surface area contributed by atoms with E-state index in [2.05, 4.69) is 5.32 Å². The summed E-state index contributed by atoms with van der Waals surface area (Å²) in [5.41, 5.74) is 6.02. The van der Waals surface area contributed by atoms with E-state index in [1.54, 1.807) is 12.1 Å². The average molecular weight is 299 g/mol. The molecule has 19 heavy (non-hydrogen) atoms. The number of carbonyl (C=O) groups is 1. The monoisotopic (exact) mass is 298 g/mol. The van der Waals surface area contributed by atoms with E-state index in [-0.39, 0.29) is 27.0 Å². The SMILES string of the molecule is Nc1cccc(Cl)c1C(=O)Nc1ccc(Cl)cc1F. The lowest BCUT2D eigenvalue weighted by Gasteiger charge is -2.09. The third kappa shape index (κ3) is 2.97. The Hall–Kier alpha value is -1.78. The zero-order chi connectivity index (χ0) is 14.0. The number of rotatable bonds is 2. The molecule has 0 heterocycles. The molecule has 2 rings (SSSR count). The van der Waals surface area contributed by atoms with Gasteiger partial charge in [0.2, 0.25) is 0 Å². The normalized spacial score (nSPS) is 10.3. The quantitative estimate of drug-likeness (QED) is 0.824. The van der Waals surface area contributed by atoms with Crippen molar-refractivity contribution in [3.8, 4) is 0 Å². The van der Waals surface area contributed by atoms with E-state index in [4.69, 9.17) is 28.9 Å². The number of hydrogen-bond acceptors (Lipinski definition) is 2. The van der Waals surface area contributed by atoms with Crippen molar-refractivity contribution in [1.29, 1.82) is 0 Å².